The van der Waals surface area contributed by atoms with Crippen molar-refractivity contribution >= 4 is 40.4 Å². The van der Waals surface area contributed by atoms with E-state index in [1.165, 1.54) is 11.3 Å². The van der Waals surface area contributed by atoms with Crippen LogP contribution in [0.2, 0.25) is 10.0 Å². The average molecular weight is 413 g/mol. The molecule has 2 aromatic rings. The molecule has 1 spiro atoms. The lowest BCUT2D eigenvalue weighted by molar-refractivity contribution is -0.181. The minimum Gasteiger partial charge on any atom is -0.347 e. The number of likely N-dealkylation sites (tertiary alicyclic amines) is 1. The first kappa shape index (κ1) is 18.2. The van der Waals surface area contributed by atoms with Crippen LogP contribution >= 0.6 is 34.5 Å². The maximum absolute atomic E-state index is 13.0. The predicted octanol–water partition coefficient (Wildman–Crippen LogP) is 4.40. The molecule has 1 aromatic carbocycles. The van der Waals surface area contributed by atoms with Crippen LogP contribution in [-0.2, 0) is 9.47 Å². The van der Waals surface area contributed by atoms with E-state index >= 15 is 0 Å². The van der Waals surface area contributed by atoms with Gasteiger partial charge in [0, 0.05) is 36.4 Å². The van der Waals surface area contributed by atoms with E-state index in [9.17, 15) is 4.79 Å². The molecule has 0 unspecified atom stereocenters. The zero-order chi connectivity index (χ0) is 18.3. The molecule has 0 saturated carbocycles. The molecule has 2 saturated heterocycles. The molecule has 4 rings (SSSR count). The summed E-state index contributed by atoms with van der Waals surface area (Å²) in [6.45, 7) is 4.34. The number of hydrogen-bond donors (Lipinski definition) is 0. The van der Waals surface area contributed by atoms with Crippen molar-refractivity contribution in [1.82, 2.24) is 9.88 Å². The Morgan fingerprint density at radius 3 is 2.42 bits per heavy atom. The van der Waals surface area contributed by atoms with Crippen molar-refractivity contribution in [2.75, 3.05) is 26.3 Å². The molecular formula is C18H18Cl2N2O3S. The van der Waals surface area contributed by atoms with Gasteiger partial charge in [0.15, 0.2) is 5.79 Å². The van der Waals surface area contributed by atoms with Gasteiger partial charge < -0.3 is 14.4 Å². The average Bonchev–Trinajstić information content (AvgIpc) is 3.22. The number of halogens is 2. The summed E-state index contributed by atoms with van der Waals surface area (Å²) in [5.41, 5.74) is 1.14. The summed E-state index contributed by atoms with van der Waals surface area (Å²) in [6.07, 6.45) is 1.37. The van der Waals surface area contributed by atoms with Crippen molar-refractivity contribution in [2.45, 2.75) is 25.6 Å². The van der Waals surface area contributed by atoms with Gasteiger partial charge in [0.05, 0.1) is 23.3 Å². The summed E-state index contributed by atoms with van der Waals surface area (Å²) in [6, 6.07) is 5.33. The Kier molecular flexibility index (Phi) is 4.96. The lowest BCUT2D eigenvalue weighted by atomic mass is 10.0. The van der Waals surface area contributed by atoms with E-state index in [2.05, 4.69) is 4.98 Å². The number of aromatic nitrogens is 1. The fourth-order valence-corrected chi connectivity index (χ4v) is 5.06. The number of ether oxygens (including phenoxy) is 2. The highest BCUT2D eigenvalue weighted by Gasteiger charge is 2.41. The number of thiazole rings is 1. The van der Waals surface area contributed by atoms with Gasteiger partial charge in [0.1, 0.15) is 10.7 Å². The summed E-state index contributed by atoms with van der Waals surface area (Å²) in [5, 5.41) is 1.72. The number of rotatable bonds is 2. The van der Waals surface area contributed by atoms with Gasteiger partial charge in [-0.2, -0.15) is 0 Å². The lowest BCUT2D eigenvalue weighted by Crippen LogP contribution is -2.47. The quantitative estimate of drug-likeness (QED) is 0.732. The van der Waals surface area contributed by atoms with Crippen molar-refractivity contribution in [1.29, 1.82) is 0 Å². The van der Waals surface area contributed by atoms with E-state index in [1.54, 1.807) is 18.2 Å². The van der Waals surface area contributed by atoms with Crippen LogP contribution in [0.5, 0.6) is 0 Å². The number of nitrogens with zero attached hydrogens (tertiary/aromatic N) is 2. The highest BCUT2D eigenvalue weighted by molar-refractivity contribution is 7.15. The van der Waals surface area contributed by atoms with Crippen molar-refractivity contribution in [3.05, 3.63) is 38.8 Å². The maximum Gasteiger partial charge on any atom is 0.273 e. The highest BCUT2D eigenvalue weighted by Crippen LogP contribution is 2.38. The van der Waals surface area contributed by atoms with Crippen LogP contribution in [0.15, 0.2) is 18.2 Å². The number of carbonyl (C=O) groups is 1. The van der Waals surface area contributed by atoms with Crippen LogP contribution in [-0.4, -0.2) is 47.9 Å². The zero-order valence-electron chi connectivity index (χ0n) is 14.3. The summed E-state index contributed by atoms with van der Waals surface area (Å²) < 4.78 is 11.4. The summed E-state index contributed by atoms with van der Waals surface area (Å²) in [7, 11) is 0. The molecule has 0 N–H and O–H groups in total. The Morgan fingerprint density at radius 2 is 1.81 bits per heavy atom. The van der Waals surface area contributed by atoms with Crippen LogP contribution in [0.4, 0.5) is 0 Å². The van der Waals surface area contributed by atoms with Gasteiger partial charge in [-0.1, -0.05) is 29.3 Å². The molecule has 1 amide bonds. The second-order valence-corrected chi connectivity index (χ2v) is 8.44. The molecule has 5 nitrogen and oxygen atoms in total. The van der Waals surface area contributed by atoms with Crippen molar-refractivity contribution in [2.24, 2.45) is 0 Å². The monoisotopic (exact) mass is 412 g/mol. The van der Waals surface area contributed by atoms with Gasteiger partial charge in [-0.25, -0.2) is 4.98 Å². The van der Waals surface area contributed by atoms with E-state index in [4.69, 9.17) is 32.7 Å². The maximum atomic E-state index is 13.0. The third-order valence-corrected chi connectivity index (χ3v) is 6.42. The minimum absolute atomic E-state index is 0.0685. The topological polar surface area (TPSA) is 51.7 Å². The van der Waals surface area contributed by atoms with E-state index in [0.29, 0.717) is 65.5 Å². The zero-order valence-corrected chi connectivity index (χ0v) is 16.6. The molecule has 1 aromatic heterocycles. The Morgan fingerprint density at radius 1 is 1.19 bits per heavy atom. The molecule has 2 fully saturated rings. The molecule has 2 aliphatic heterocycles. The third-order valence-electron chi connectivity index (χ3n) is 4.80. The molecule has 0 radical (unpaired) electrons. The second-order valence-electron chi connectivity index (χ2n) is 6.42. The largest absolute Gasteiger partial charge is 0.347 e. The molecule has 26 heavy (non-hydrogen) atoms. The first-order valence-electron chi connectivity index (χ1n) is 8.48. The fourth-order valence-electron chi connectivity index (χ4n) is 3.39. The Bertz CT molecular complexity index is 819. The molecule has 3 heterocycles. The van der Waals surface area contributed by atoms with Crippen molar-refractivity contribution < 1.29 is 14.3 Å². The van der Waals surface area contributed by atoms with Gasteiger partial charge in [-0.05, 0) is 19.1 Å². The molecule has 0 aliphatic carbocycles. The normalized spacial score (nSPS) is 19.3. The second kappa shape index (κ2) is 7.09. The Hall–Kier alpha value is -1.18. The van der Waals surface area contributed by atoms with E-state index < -0.39 is 5.79 Å². The van der Waals surface area contributed by atoms with Crippen LogP contribution in [0.3, 0.4) is 0 Å². The molecule has 0 atom stereocenters. The van der Waals surface area contributed by atoms with Crippen LogP contribution in [0.1, 0.15) is 28.2 Å². The summed E-state index contributed by atoms with van der Waals surface area (Å²) in [4.78, 5) is 20.2. The van der Waals surface area contributed by atoms with Crippen LogP contribution in [0.25, 0.3) is 10.6 Å². The Labute approximate surface area is 165 Å². The first-order valence-corrected chi connectivity index (χ1v) is 10.1. The fraction of sp³-hybridized carbons (Fsp3) is 0.444. The number of aryl methyl sites for hydroxylation is 1. The molecule has 2 aliphatic rings. The third kappa shape index (κ3) is 3.25. The highest BCUT2D eigenvalue weighted by atomic mass is 35.5. The van der Waals surface area contributed by atoms with Crippen molar-refractivity contribution in [3.63, 3.8) is 0 Å². The lowest BCUT2D eigenvalue weighted by Gasteiger charge is -2.37. The van der Waals surface area contributed by atoms with Gasteiger partial charge in [0.2, 0.25) is 0 Å². The van der Waals surface area contributed by atoms with E-state index in [0.717, 1.165) is 4.88 Å². The van der Waals surface area contributed by atoms with Gasteiger partial charge >= 0.3 is 0 Å². The van der Waals surface area contributed by atoms with Crippen molar-refractivity contribution in [3.8, 4) is 10.6 Å². The van der Waals surface area contributed by atoms with Gasteiger partial charge in [-0.15, -0.1) is 11.3 Å². The number of piperidine rings is 1. The minimum atomic E-state index is -0.496. The number of amides is 1. The summed E-state index contributed by atoms with van der Waals surface area (Å²) in [5.74, 6) is -0.564. The number of hydrogen-bond acceptors (Lipinski definition) is 5. The summed E-state index contributed by atoms with van der Waals surface area (Å²) >= 11 is 14.0. The SMILES string of the molecule is Cc1sc(-c2c(Cl)cccc2Cl)nc1C(=O)N1CCC2(CC1)OCCO2. The van der Waals surface area contributed by atoms with Gasteiger partial charge in [-0.3, -0.25) is 4.79 Å². The van der Waals surface area contributed by atoms with Crippen LogP contribution in [0, 0.1) is 6.92 Å². The standard InChI is InChI=1S/C18H18Cl2N2O3S/c1-11-15(21-16(26-11)14-12(19)3-2-4-13(14)20)17(23)22-7-5-18(6-8-22)24-9-10-25-18/h2-4H,5-10H2,1H3. The number of benzene rings is 1. The number of carbonyl (C=O) groups excluding carboxylic acids is 1. The first-order chi connectivity index (χ1) is 12.5. The molecule has 138 valence electrons. The van der Waals surface area contributed by atoms with E-state index in [1.807, 2.05) is 11.8 Å². The smallest absolute Gasteiger partial charge is 0.273 e. The molecular weight excluding hydrogens is 395 g/mol. The molecule has 8 heteroatoms. The van der Waals surface area contributed by atoms with Crippen LogP contribution < -0.4 is 0 Å². The predicted molar refractivity (Wildman–Crippen MR) is 102 cm³/mol. The van der Waals surface area contributed by atoms with Gasteiger partial charge in [0.25, 0.3) is 5.91 Å². The molecule has 0 bridgehead atoms. The Balaban J connectivity index is 1.55. The van der Waals surface area contributed by atoms with E-state index in [-0.39, 0.29) is 5.91 Å².